The molecule has 0 spiro atoms. The zero-order valence-electron chi connectivity index (χ0n) is 12.7. The van der Waals surface area contributed by atoms with Crippen molar-refractivity contribution < 1.29 is 9.84 Å². The molecule has 1 saturated carbocycles. The standard InChI is InChI=1S/C17H25ClO2/c1-4-20-17(9-7-12(2)8-10-17)16(19)14-6-5-13(3)15(18)11-14/h5-6,11-12,16,19H,4,7-10H2,1-3H3. The Balaban J connectivity index is 2.26. The number of halogens is 1. The average molecular weight is 297 g/mol. The predicted octanol–water partition coefficient (Wildman–Crippen LogP) is 4.67. The van der Waals surface area contributed by atoms with Crippen LogP contribution in [0, 0.1) is 12.8 Å². The minimum Gasteiger partial charge on any atom is -0.385 e. The number of benzene rings is 1. The highest BCUT2D eigenvalue weighted by molar-refractivity contribution is 6.31. The molecule has 1 fully saturated rings. The normalized spacial score (nSPS) is 28.4. The summed E-state index contributed by atoms with van der Waals surface area (Å²) >= 11 is 6.19. The lowest BCUT2D eigenvalue weighted by molar-refractivity contribution is -0.146. The van der Waals surface area contributed by atoms with Gasteiger partial charge in [0.15, 0.2) is 0 Å². The van der Waals surface area contributed by atoms with Gasteiger partial charge in [-0.2, -0.15) is 0 Å². The van der Waals surface area contributed by atoms with E-state index < -0.39 is 11.7 Å². The van der Waals surface area contributed by atoms with Gasteiger partial charge in [0.05, 0.1) is 5.60 Å². The van der Waals surface area contributed by atoms with Crippen molar-refractivity contribution in [1.82, 2.24) is 0 Å². The molecule has 1 aromatic rings. The van der Waals surface area contributed by atoms with Crippen LogP contribution in [0.2, 0.25) is 5.02 Å². The highest BCUT2D eigenvalue weighted by Gasteiger charge is 2.42. The number of ether oxygens (including phenoxy) is 1. The Bertz CT molecular complexity index is 450. The Labute approximate surface area is 127 Å². The Hall–Kier alpha value is -0.570. The lowest BCUT2D eigenvalue weighted by Gasteiger charge is -2.42. The second-order valence-electron chi connectivity index (χ2n) is 6.09. The van der Waals surface area contributed by atoms with Crippen LogP contribution in [0.25, 0.3) is 0 Å². The van der Waals surface area contributed by atoms with Gasteiger partial charge in [-0.3, -0.25) is 0 Å². The highest BCUT2D eigenvalue weighted by atomic mass is 35.5. The fourth-order valence-corrected chi connectivity index (χ4v) is 3.31. The third-order valence-electron chi connectivity index (χ3n) is 4.56. The SMILES string of the molecule is CCOC1(C(O)c2ccc(C)c(Cl)c2)CCC(C)CC1. The van der Waals surface area contributed by atoms with Gasteiger partial charge in [-0.05, 0) is 62.6 Å². The summed E-state index contributed by atoms with van der Waals surface area (Å²) in [6.45, 7) is 6.86. The van der Waals surface area contributed by atoms with Gasteiger partial charge in [-0.15, -0.1) is 0 Å². The summed E-state index contributed by atoms with van der Waals surface area (Å²) in [6, 6.07) is 5.80. The van der Waals surface area contributed by atoms with Crippen LogP contribution in [0.5, 0.6) is 0 Å². The summed E-state index contributed by atoms with van der Waals surface area (Å²) in [4.78, 5) is 0. The van der Waals surface area contributed by atoms with E-state index in [9.17, 15) is 5.11 Å². The highest BCUT2D eigenvalue weighted by Crippen LogP contribution is 2.43. The summed E-state index contributed by atoms with van der Waals surface area (Å²) in [7, 11) is 0. The first kappa shape index (κ1) is 15.8. The van der Waals surface area contributed by atoms with Crippen LogP contribution in [0.1, 0.15) is 56.8 Å². The first-order chi connectivity index (χ1) is 9.48. The van der Waals surface area contributed by atoms with Crippen LogP contribution < -0.4 is 0 Å². The Morgan fingerprint density at radius 2 is 2.05 bits per heavy atom. The van der Waals surface area contributed by atoms with Crippen LogP contribution in [-0.2, 0) is 4.74 Å². The lowest BCUT2D eigenvalue weighted by Crippen LogP contribution is -2.42. The summed E-state index contributed by atoms with van der Waals surface area (Å²) < 4.78 is 6.01. The van der Waals surface area contributed by atoms with E-state index in [1.54, 1.807) is 0 Å². The molecule has 0 bridgehead atoms. The van der Waals surface area contributed by atoms with E-state index in [2.05, 4.69) is 6.92 Å². The van der Waals surface area contributed by atoms with Crippen molar-refractivity contribution in [3.05, 3.63) is 34.3 Å². The molecule has 1 unspecified atom stereocenters. The third kappa shape index (κ3) is 3.19. The van der Waals surface area contributed by atoms with Gasteiger partial charge < -0.3 is 9.84 Å². The van der Waals surface area contributed by atoms with Gasteiger partial charge >= 0.3 is 0 Å². The number of hydrogen-bond acceptors (Lipinski definition) is 2. The van der Waals surface area contributed by atoms with Crippen molar-refractivity contribution >= 4 is 11.6 Å². The first-order valence-corrected chi connectivity index (χ1v) is 7.94. The van der Waals surface area contributed by atoms with E-state index in [1.165, 1.54) is 0 Å². The largest absolute Gasteiger partial charge is 0.385 e. The van der Waals surface area contributed by atoms with Gasteiger partial charge in [0.1, 0.15) is 6.10 Å². The van der Waals surface area contributed by atoms with E-state index in [4.69, 9.17) is 16.3 Å². The number of aliphatic hydroxyl groups is 1. The van der Waals surface area contributed by atoms with Crippen LogP contribution in [0.4, 0.5) is 0 Å². The second kappa shape index (κ2) is 6.46. The maximum atomic E-state index is 10.8. The summed E-state index contributed by atoms with van der Waals surface area (Å²) in [6.07, 6.45) is 3.43. The monoisotopic (exact) mass is 296 g/mol. The summed E-state index contributed by atoms with van der Waals surface area (Å²) in [5.74, 6) is 0.720. The minimum absolute atomic E-state index is 0.445. The first-order valence-electron chi connectivity index (χ1n) is 7.56. The van der Waals surface area contributed by atoms with Gasteiger partial charge in [-0.25, -0.2) is 0 Å². The molecule has 0 amide bonds. The number of rotatable bonds is 4. The number of hydrogen-bond donors (Lipinski definition) is 1. The zero-order valence-corrected chi connectivity index (χ0v) is 13.4. The topological polar surface area (TPSA) is 29.5 Å². The third-order valence-corrected chi connectivity index (χ3v) is 4.97. The quantitative estimate of drug-likeness (QED) is 0.875. The van der Waals surface area contributed by atoms with Crippen molar-refractivity contribution in [3.63, 3.8) is 0 Å². The molecule has 0 heterocycles. The Kier molecular flexibility index (Phi) is 5.11. The van der Waals surface area contributed by atoms with E-state index in [1.807, 2.05) is 32.0 Å². The molecule has 1 atom stereocenters. The van der Waals surface area contributed by atoms with Crippen LogP contribution in [0.3, 0.4) is 0 Å². The molecule has 20 heavy (non-hydrogen) atoms. The van der Waals surface area contributed by atoms with Gasteiger partial charge in [0, 0.05) is 11.6 Å². The van der Waals surface area contributed by atoms with E-state index >= 15 is 0 Å². The molecule has 0 aromatic heterocycles. The average Bonchev–Trinajstić information content (AvgIpc) is 2.44. The maximum Gasteiger partial charge on any atom is 0.108 e. The molecule has 0 aliphatic heterocycles. The molecular weight excluding hydrogens is 272 g/mol. The molecular formula is C17H25ClO2. The van der Waals surface area contributed by atoms with Gasteiger partial charge in [0.2, 0.25) is 0 Å². The van der Waals surface area contributed by atoms with Crippen LogP contribution in [0.15, 0.2) is 18.2 Å². The van der Waals surface area contributed by atoms with Crippen molar-refractivity contribution in [2.24, 2.45) is 5.92 Å². The van der Waals surface area contributed by atoms with Gasteiger partial charge in [0.25, 0.3) is 0 Å². The molecule has 2 nitrogen and oxygen atoms in total. The molecule has 1 aromatic carbocycles. The number of aryl methyl sites for hydroxylation is 1. The molecule has 1 aliphatic rings. The summed E-state index contributed by atoms with van der Waals surface area (Å²) in [5, 5.41) is 11.6. The molecule has 2 rings (SSSR count). The predicted molar refractivity (Wildman–Crippen MR) is 83.1 cm³/mol. The fraction of sp³-hybridized carbons (Fsp3) is 0.647. The zero-order chi connectivity index (χ0) is 14.8. The molecule has 1 N–H and O–H groups in total. The lowest BCUT2D eigenvalue weighted by atomic mass is 9.74. The molecule has 1 aliphatic carbocycles. The molecule has 0 radical (unpaired) electrons. The fourth-order valence-electron chi connectivity index (χ4n) is 3.12. The maximum absolute atomic E-state index is 10.8. The molecule has 0 saturated heterocycles. The van der Waals surface area contributed by atoms with Crippen LogP contribution >= 0.6 is 11.6 Å². The smallest absolute Gasteiger partial charge is 0.108 e. The Morgan fingerprint density at radius 3 is 2.60 bits per heavy atom. The van der Waals surface area contributed by atoms with Crippen molar-refractivity contribution in [3.8, 4) is 0 Å². The molecule has 3 heteroatoms. The van der Waals surface area contributed by atoms with Crippen molar-refractivity contribution in [2.75, 3.05) is 6.61 Å². The van der Waals surface area contributed by atoms with Crippen molar-refractivity contribution in [2.45, 2.75) is 58.2 Å². The summed E-state index contributed by atoms with van der Waals surface area (Å²) in [5.41, 5.74) is 1.45. The molecule has 112 valence electrons. The van der Waals surface area contributed by atoms with E-state index in [-0.39, 0.29) is 0 Å². The van der Waals surface area contributed by atoms with Crippen molar-refractivity contribution in [1.29, 1.82) is 0 Å². The van der Waals surface area contributed by atoms with E-state index in [0.717, 1.165) is 42.7 Å². The second-order valence-corrected chi connectivity index (χ2v) is 6.50. The van der Waals surface area contributed by atoms with Gasteiger partial charge in [-0.1, -0.05) is 30.7 Å². The van der Waals surface area contributed by atoms with E-state index in [0.29, 0.717) is 11.6 Å². The Morgan fingerprint density at radius 1 is 1.40 bits per heavy atom. The van der Waals surface area contributed by atoms with Crippen LogP contribution in [-0.4, -0.2) is 17.3 Å². The number of aliphatic hydroxyl groups excluding tert-OH is 1. The minimum atomic E-state index is -0.604.